The molecule has 2 aromatic rings. The molecule has 0 spiro atoms. The van der Waals surface area contributed by atoms with E-state index < -0.39 is 0 Å². The number of carbonyl (C=O) groups excluding carboxylic acids is 1. The molecule has 5 nitrogen and oxygen atoms in total. The van der Waals surface area contributed by atoms with Gasteiger partial charge in [-0.3, -0.25) is 9.78 Å². The van der Waals surface area contributed by atoms with Gasteiger partial charge in [-0.25, -0.2) is 4.98 Å². The van der Waals surface area contributed by atoms with Crippen LogP contribution >= 0.6 is 11.3 Å². The number of amides is 1. The maximum atomic E-state index is 12.7. The Morgan fingerprint density at radius 3 is 3.05 bits per heavy atom. The Kier molecular flexibility index (Phi) is 3.98. The topological polar surface area (TPSA) is 58.1 Å². The Hall–Kier alpha value is -1.79. The first kappa shape index (κ1) is 14.2. The minimum Gasteiger partial charge on any atom is -0.333 e. The van der Waals surface area contributed by atoms with Crippen molar-refractivity contribution in [2.75, 3.05) is 19.6 Å². The van der Waals surface area contributed by atoms with Gasteiger partial charge < -0.3 is 10.2 Å². The highest BCUT2D eigenvalue weighted by molar-refractivity contribution is 7.17. The SMILES string of the molecule is Cc1nc(-c2ccccn2)sc1C(=O)N1CCNC[C@H]1C. The largest absolute Gasteiger partial charge is 0.333 e. The number of nitrogens with zero attached hydrogens (tertiary/aromatic N) is 3. The number of thiazole rings is 1. The molecular weight excluding hydrogens is 284 g/mol. The molecule has 21 heavy (non-hydrogen) atoms. The van der Waals surface area contributed by atoms with E-state index >= 15 is 0 Å². The third-order valence-electron chi connectivity index (χ3n) is 3.64. The van der Waals surface area contributed by atoms with Gasteiger partial charge in [0.15, 0.2) is 0 Å². The van der Waals surface area contributed by atoms with Crippen LogP contribution in [0.4, 0.5) is 0 Å². The van der Waals surface area contributed by atoms with Gasteiger partial charge in [-0.15, -0.1) is 11.3 Å². The summed E-state index contributed by atoms with van der Waals surface area (Å²) in [6.45, 7) is 6.40. The van der Waals surface area contributed by atoms with Crippen molar-refractivity contribution in [1.82, 2.24) is 20.2 Å². The molecule has 110 valence electrons. The van der Waals surface area contributed by atoms with Gasteiger partial charge >= 0.3 is 0 Å². The molecule has 1 aliphatic rings. The molecule has 3 heterocycles. The van der Waals surface area contributed by atoms with Crippen molar-refractivity contribution in [2.24, 2.45) is 0 Å². The van der Waals surface area contributed by atoms with Crippen LogP contribution in [0.15, 0.2) is 24.4 Å². The summed E-state index contributed by atoms with van der Waals surface area (Å²) in [4.78, 5) is 24.2. The van der Waals surface area contributed by atoms with Crippen molar-refractivity contribution in [1.29, 1.82) is 0 Å². The Balaban J connectivity index is 1.89. The standard InChI is InChI=1S/C15H18N4OS/c1-10-9-16-7-8-19(10)15(20)13-11(2)18-14(21-13)12-5-3-4-6-17-12/h3-6,10,16H,7-9H2,1-2H3/t10-/m1/s1. The molecule has 1 fully saturated rings. The van der Waals surface area contributed by atoms with Gasteiger partial charge in [0.25, 0.3) is 5.91 Å². The number of carbonyl (C=O) groups is 1. The van der Waals surface area contributed by atoms with Crippen LogP contribution in [-0.4, -0.2) is 46.5 Å². The number of aromatic nitrogens is 2. The zero-order chi connectivity index (χ0) is 14.8. The zero-order valence-electron chi connectivity index (χ0n) is 12.2. The Morgan fingerprint density at radius 2 is 2.33 bits per heavy atom. The summed E-state index contributed by atoms with van der Waals surface area (Å²) in [5.41, 5.74) is 1.61. The first-order chi connectivity index (χ1) is 10.2. The van der Waals surface area contributed by atoms with E-state index in [0.29, 0.717) is 0 Å². The van der Waals surface area contributed by atoms with Crippen molar-refractivity contribution in [3.63, 3.8) is 0 Å². The number of hydrogen-bond donors (Lipinski definition) is 1. The van der Waals surface area contributed by atoms with Crippen LogP contribution in [0.25, 0.3) is 10.7 Å². The highest BCUT2D eigenvalue weighted by Crippen LogP contribution is 2.28. The van der Waals surface area contributed by atoms with Gasteiger partial charge in [-0.2, -0.15) is 0 Å². The first-order valence-corrected chi connectivity index (χ1v) is 7.89. The lowest BCUT2D eigenvalue weighted by atomic mass is 10.2. The van der Waals surface area contributed by atoms with E-state index in [2.05, 4.69) is 22.2 Å². The molecule has 0 saturated carbocycles. The fraction of sp³-hybridized carbons (Fsp3) is 0.400. The van der Waals surface area contributed by atoms with Crippen molar-refractivity contribution >= 4 is 17.2 Å². The van der Waals surface area contributed by atoms with E-state index in [4.69, 9.17) is 0 Å². The molecule has 0 bridgehead atoms. The summed E-state index contributed by atoms with van der Waals surface area (Å²) in [6, 6.07) is 5.93. The molecule has 0 radical (unpaired) electrons. The summed E-state index contributed by atoms with van der Waals surface area (Å²) < 4.78 is 0. The smallest absolute Gasteiger partial charge is 0.266 e. The lowest BCUT2D eigenvalue weighted by molar-refractivity contribution is 0.0660. The average Bonchev–Trinajstić information content (AvgIpc) is 2.90. The third kappa shape index (κ3) is 2.82. The Bertz CT molecular complexity index is 640. The molecule has 0 aromatic carbocycles. The van der Waals surface area contributed by atoms with Crippen molar-refractivity contribution in [2.45, 2.75) is 19.9 Å². The summed E-state index contributed by atoms with van der Waals surface area (Å²) in [7, 11) is 0. The van der Waals surface area contributed by atoms with E-state index in [9.17, 15) is 4.79 Å². The van der Waals surface area contributed by atoms with Gasteiger partial charge in [0.2, 0.25) is 0 Å². The molecule has 3 rings (SSSR count). The third-order valence-corrected chi connectivity index (χ3v) is 4.80. The molecule has 0 unspecified atom stereocenters. The number of piperazine rings is 1. The Labute approximate surface area is 128 Å². The lowest BCUT2D eigenvalue weighted by Gasteiger charge is -2.33. The molecular formula is C15H18N4OS. The molecule has 1 amide bonds. The van der Waals surface area contributed by atoms with Crippen LogP contribution in [0, 0.1) is 6.92 Å². The fourth-order valence-electron chi connectivity index (χ4n) is 2.47. The minimum absolute atomic E-state index is 0.0844. The summed E-state index contributed by atoms with van der Waals surface area (Å²) in [5.74, 6) is 0.0844. The monoisotopic (exact) mass is 302 g/mol. The van der Waals surface area contributed by atoms with Crippen molar-refractivity contribution in [3.8, 4) is 10.7 Å². The zero-order valence-corrected chi connectivity index (χ0v) is 13.0. The highest BCUT2D eigenvalue weighted by Gasteiger charge is 2.27. The highest BCUT2D eigenvalue weighted by atomic mass is 32.1. The fourth-order valence-corrected chi connectivity index (χ4v) is 3.47. The van der Waals surface area contributed by atoms with Gasteiger partial charge in [-0.05, 0) is 26.0 Å². The second kappa shape index (κ2) is 5.91. The van der Waals surface area contributed by atoms with E-state index in [0.717, 1.165) is 40.9 Å². The maximum Gasteiger partial charge on any atom is 0.266 e. The number of nitrogens with one attached hydrogen (secondary N) is 1. The Morgan fingerprint density at radius 1 is 1.48 bits per heavy atom. The molecule has 2 aromatic heterocycles. The van der Waals surface area contributed by atoms with Crippen LogP contribution in [0.2, 0.25) is 0 Å². The maximum absolute atomic E-state index is 12.7. The van der Waals surface area contributed by atoms with E-state index in [1.54, 1.807) is 6.20 Å². The van der Waals surface area contributed by atoms with Gasteiger partial charge in [0.05, 0.1) is 11.4 Å². The van der Waals surface area contributed by atoms with E-state index in [-0.39, 0.29) is 11.9 Å². The second-order valence-electron chi connectivity index (χ2n) is 5.20. The first-order valence-electron chi connectivity index (χ1n) is 7.07. The van der Waals surface area contributed by atoms with Gasteiger partial charge in [0.1, 0.15) is 9.88 Å². The molecule has 1 atom stereocenters. The predicted octanol–water partition coefficient (Wildman–Crippen LogP) is 1.95. The van der Waals surface area contributed by atoms with Gasteiger partial charge in [-0.1, -0.05) is 6.07 Å². The van der Waals surface area contributed by atoms with E-state index in [1.807, 2.05) is 30.0 Å². The molecule has 1 N–H and O–H groups in total. The molecule has 6 heteroatoms. The lowest BCUT2D eigenvalue weighted by Crippen LogP contribution is -2.52. The normalized spacial score (nSPS) is 18.8. The average molecular weight is 302 g/mol. The second-order valence-corrected chi connectivity index (χ2v) is 6.20. The van der Waals surface area contributed by atoms with Crippen LogP contribution in [0.5, 0.6) is 0 Å². The van der Waals surface area contributed by atoms with Crippen molar-refractivity contribution in [3.05, 3.63) is 35.0 Å². The number of pyridine rings is 1. The number of hydrogen-bond acceptors (Lipinski definition) is 5. The van der Waals surface area contributed by atoms with Crippen LogP contribution < -0.4 is 5.32 Å². The summed E-state index contributed by atoms with van der Waals surface area (Å²) >= 11 is 1.43. The molecule has 0 aliphatic carbocycles. The number of aryl methyl sites for hydroxylation is 1. The summed E-state index contributed by atoms with van der Waals surface area (Å²) in [6.07, 6.45) is 1.74. The van der Waals surface area contributed by atoms with Crippen molar-refractivity contribution < 1.29 is 4.79 Å². The minimum atomic E-state index is 0.0844. The number of rotatable bonds is 2. The van der Waals surface area contributed by atoms with Crippen LogP contribution in [0.1, 0.15) is 22.3 Å². The van der Waals surface area contributed by atoms with Gasteiger partial charge in [0, 0.05) is 31.9 Å². The molecule has 1 aliphatic heterocycles. The predicted molar refractivity (Wildman–Crippen MR) is 83.5 cm³/mol. The van der Waals surface area contributed by atoms with Crippen LogP contribution in [0.3, 0.4) is 0 Å². The molecule has 1 saturated heterocycles. The summed E-state index contributed by atoms with van der Waals surface area (Å²) in [5, 5.41) is 4.11. The van der Waals surface area contributed by atoms with E-state index in [1.165, 1.54) is 11.3 Å². The van der Waals surface area contributed by atoms with Crippen LogP contribution in [-0.2, 0) is 0 Å². The quantitative estimate of drug-likeness (QED) is 0.921.